The highest BCUT2D eigenvalue weighted by Crippen LogP contribution is 2.34. The Labute approximate surface area is 183 Å². The number of hydrogen-bond donors (Lipinski definition) is 1. The fourth-order valence-corrected chi connectivity index (χ4v) is 4.49. The van der Waals surface area contributed by atoms with E-state index in [1.807, 2.05) is 24.5 Å². The van der Waals surface area contributed by atoms with E-state index in [1.54, 1.807) is 23.0 Å². The lowest BCUT2D eigenvalue weighted by Crippen LogP contribution is -2.26. The van der Waals surface area contributed by atoms with Crippen molar-refractivity contribution in [2.24, 2.45) is 5.92 Å². The molecule has 0 saturated carbocycles. The summed E-state index contributed by atoms with van der Waals surface area (Å²) in [5.74, 6) is 0.0164. The van der Waals surface area contributed by atoms with Crippen LogP contribution in [0.1, 0.15) is 23.6 Å². The van der Waals surface area contributed by atoms with Gasteiger partial charge in [0.15, 0.2) is 0 Å². The van der Waals surface area contributed by atoms with Crippen molar-refractivity contribution in [3.8, 4) is 23.4 Å². The van der Waals surface area contributed by atoms with Gasteiger partial charge in [-0.25, -0.2) is 14.4 Å². The Morgan fingerprint density at radius 1 is 1.22 bits per heavy atom. The molecule has 4 heterocycles. The maximum atomic E-state index is 14.2. The third kappa shape index (κ3) is 3.25. The Hall–Kier alpha value is -4.24. The van der Waals surface area contributed by atoms with E-state index in [9.17, 15) is 14.9 Å². The number of aromatic nitrogens is 5. The lowest BCUT2D eigenvalue weighted by molar-refractivity contribution is 0.257. The topological polar surface area (TPSA) is 110 Å². The van der Waals surface area contributed by atoms with Crippen LogP contribution >= 0.6 is 0 Å². The smallest absolute Gasteiger partial charge is 0.141 e. The van der Waals surface area contributed by atoms with E-state index >= 15 is 0 Å². The number of nitriles is 2. The van der Waals surface area contributed by atoms with Crippen LogP contribution < -0.4 is 4.90 Å². The standard InChI is InChI=1S/C23H19FN8/c24-8-21(16-5-7-31(12-16)20-3-1-2-15(9-25)19(20)10-26)32-13-17(11-30-32)22-18-4-6-27-23(18)29-14-28-22/h1-4,6,11,13-14,16,21H,5,7-8,12H2,(H,27,28,29). The van der Waals surface area contributed by atoms with E-state index in [0.717, 1.165) is 34.4 Å². The lowest BCUT2D eigenvalue weighted by atomic mass is 10.00. The van der Waals surface area contributed by atoms with Gasteiger partial charge < -0.3 is 9.88 Å². The molecule has 5 rings (SSSR count). The van der Waals surface area contributed by atoms with E-state index in [1.165, 1.54) is 6.33 Å². The van der Waals surface area contributed by atoms with E-state index in [4.69, 9.17) is 0 Å². The van der Waals surface area contributed by atoms with Crippen molar-refractivity contribution in [2.45, 2.75) is 12.5 Å². The molecule has 1 saturated heterocycles. The van der Waals surface area contributed by atoms with Gasteiger partial charge >= 0.3 is 0 Å². The Kier molecular flexibility index (Phi) is 5.00. The maximum Gasteiger partial charge on any atom is 0.141 e. The van der Waals surface area contributed by atoms with Crippen molar-refractivity contribution in [1.82, 2.24) is 24.7 Å². The van der Waals surface area contributed by atoms with Crippen molar-refractivity contribution in [2.75, 3.05) is 24.7 Å². The number of hydrogen-bond acceptors (Lipinski definition) is 6. The Bertz CT molecular complexity index is 1360. The van der Waals surface area contributed by atoms with Crippen LogP contribution in [0.5, 0.6) is 0 Å². The minimum Gasteiger partial charge on any atom is -0.370 e. The zero-order chi connectivity index (χ0) is 22.1. The molecule has 2 unspecified atom stereocenters. The fourth-order valence-electron chi connectivity index (χ4n) is 4.49. The van der Waals surface area contributed by atoms with Crippen LogP contribution in [-0.4, -0.2) is 44.5 Å². The van der Waals surface area contributed by atoms with Gasteiger partial charge in [0.2, 0.25) is 0 Å². The third-order valence-corrected chi connectivity index (χ3v) is 6.11. The second kappa shape index (κ2) is 8.12. The van der Waals surface area contributed by atoms with Crippen molar-refractivity contribution >= 4 is 16.7 Å². The maximum absolute atomic E-state index is 14.2. The van der Waals surface area contributed by atoms with Gasteiger partial charge in [-0.2, -0.15) is 15.6 Å². The molecule has 1 aromatic carbocycles. The quantitative estimate of drug-likeness (QED) is 0.522. The summed E-state index contributed by atoms with van der Waals surface area (Å²) in [5, 5.41) is 24.2. The molecule has 1 aliphatic heterocycles. The molecule has 0 spiro atoms. The molecular formula is C23H19FN8. The zero-order valence-corrected chi connectivity index (χ0v) is 17.1. The first-order valence-corrected chi connectivity index (χ1v) is 10.3. The molecule has 0 amide bonds. The summed E-state index contributed by atoms with van der Waals surface area (Å²) >= 11 is 0. The van der Waals surface area contributed by atoms with Crippen LogP contribution in [0.4, 0.5) is 10.1 Å². The molecule has 2 atom stereocenters. The highest BCUT2D eigenvalue weighted by atomic mass is 19.1. The molecule has 9 heteroatoms. The minimum absolute atomic E-state index is 0.0164. The van der Waals surface area contributed by atoms with Crippen LogP contribution in [-0.2, 0) is 0 Å². The summed E-state index contributed by atoms with van der Waals surface area (Å²) in [6, 6.07) is 11.0. The molecule has 8 nitrogen and oxygen atoms in total. The number of aromatic amines is 1. The zero-order valence-electron chi connectivity index (χ0n) is 17.1. The minimum atomic E-state index is -0.549. The number of alkyl halides is 1. The first-order valence-electron chi connectivity index (χ1n) is 10.3. The molecule has 0 aliphatic carbocycles. The SMILES string of the molecule is N#Cc1cccc(N2CCC(C(CF)n3cc(-c4ncnc5[nH]ccc45)cn3)C2)c1C#N. The predicted molar refractivity (Wildman–Crippen MR) is 116 cm³/mol. The number of nitrogens with one attached hydrogen (secondary N) is 1. The second-order valence-electron chi connectivity index (χ2n) is 7.81. The van der Waals surface area contributed by atoms with E-state index in [2.05, 4.69) is 37.1 Å². The number of H-pyrrole nitrogens is 1. The Morgan fingerprint density at radius 3 is 2.94 bits per heavy atom. The average molecular weight is 426 g/mol. The van der Waals surface area contributed by atoms with Crippen molar-refractivity contribution < 1.29 is 4.39 Å². The normalized spacial score (nSPS) is 16.7. The molecule has 3 aromatic heterocycles. The molecule has 1 fully saturated rings. The number of rotatable bonds is 5. The Balaban J connectivity index is 1.40. The van der Waals surface area contributed by atoms with E-state index < -0.39 is 12.7 Å². The van der Waals surface area contributed by atoms with Crippen LogP contribution in [0.2, 0.25) is 0 Å². The third-order valence-electron chi connectivity index (χ3n) is 6.11. The highest BCUT2D eigenvalue weighted by Gasteiger charge is 2.32. The molecule has 32 heavy (non-hydrogen) atoms. The van der Waals surface area contributed by atoms with Gasteiger partial charge in [0.05, 0.1) is 34.7 Å². The van der Waals surface area contributed by atoms with Gasteiger partial charge in [-0.05, 0) is 24.6 Å². The van der Waals surface area contributed by atoms with Crippen LogP contribution in [0.3, 0.4) is 0 Å². The van der Waals surface area contributed by atoms with Gasteiger partial charge in [0.1, 0.15) is 30.8 Å². The van der Waals surface area contributed by atoms with E-state index in [0.29, 0.717) is 24.2 Å². The largest absolute Gasteiger partial charge is 0.370 e. The molecule has 4 aromatic rings. The molecule has 0 radical (unpaired) electrons. The van der Waals surface area contributed by atoms with Gasteiger partial charge in [-0.1, -0.05) is 6.07 Å². The second-order valence-corrected chi connectivity index (χ2v) is 7.81. The summed E-state index contributed by atoms with van der Waals surface area (Å²) in [4.78, 5) is 13.7. The highest BCUT2D eigenvalue weighted by molar-refractivity contribution is 5.89. The predicted octanol–water partition coefficient (Wildman–Crippen LogP) is 3.60. The number of benzene rings is 1. The number of nitrogens with zero attached hydrogens (tertiary/aromatic N) is 7. The van der Waals surface area contributed by atoms with Gasteiger partial charge in [0.25, 0.3) is 0 Å². The van der Waals surface area contributed by atoms with Crippen LogP contribution in [0, 0.1) is 28.6 Å². The number of fused-ring (bicyclic) bond motifs is 1. The van der Waals surface area contributed by atoms with Crippen molar-refractivity contribution in [3.63, 3.8) is 0 Å². The summed E-state index contributed by atoms with van der Waals surface area (Å²) in [5.41, 5.74) is 3.74. The first-order chi connectivity index (χ1) is 15.7. The van der Waals surface area contributed by atoms with Gasteiger partial charge in [-0.3, -0.25) is 4.68 Å². The van der Waals surface area contributed by atoms with E-state index in [-0.39, 0.29) is 5.92 Å². The fraction of sp³-hybridized carbons (Fsp3) is 0.261. The molecular weight excluding hydrogens is 407 g/mol. The van der Waals surface area contributed by atoms with Gasteiger partial charge in [-0.15, -0.1) is 0 Å². The van der Waals surface area contributed by atoms with Crippen LogP contribution in [0.15, 0.2) is 49.2 Å². The number of halogens is 1. The summed E-state index contributed by atoms with van der Waals surface area (Å²) in [6.07, 6.45) is 7.60. The average Bonchev–Trinajstić information content (AvgIpc) is 3.59. The molecule has 1 N–H and O–H groups in total. The monoisotopic (exact) mass is 426 g/mol. The van der Waals surface area contributed by atoms with Crippen LogP contribution in [0.25, 0.3) is 22.3 Å². The molecule has 158 valence electrons. The lowest BCUT2D eigenvalue weighted by Gasteiger charge is -2.23. The summed E-state index contributed by atoms with van der Waals surface area (Å²) in [6.45, 7) is 0.726. The van der Waals surface area contributed by atoms with Gasteiger partial charge in [0, 0.05) is 42.4 Å². The summed E-state index contributed by atoms with van der Waals surface area (Å²) in [7, 11) is 0. The number of anilines is 1. The molecule has 1 aliphatic rings. The summed E-state index contributed by atoms with van der Waals surface area (Å²) < 4.78 is 15.9. The van der Waals surface area contributed by atoms with Crippen molar-refractivity contribution in [3.05, 3.63) is 60.3 Å². The first kappa shape index (κ1) is 19.7. The van der Waals surface area contributed by atoms with Crippen molar-refractivity contribution in [1.29, 1.82) is 10.5 Å². The Morgan fingerprint density at radius 2 is 2.12 bits per heavy atom. The molecule has 0 bridgehead atoms.